The SMILES string of the molecule is CC1(C)CC(Nc2cccc(Cl)c2)CN1. The Bertz CT molecular complexity index is 349. The topological polar surface area (TPSA) is 24.1 Å². The molecule has 1 aromatic rings. The Labute approximate surface area is 96.0 Å². The summed E-state index contributed by atoms with van der Waals surface area (Å²) < 4.78 is 0. The molecule has 0 spiro atoms. The van der Waals surface area contributed by atoms with E-state index in [1.807, 2.05) is 18.2 Å². The first-order valence-corrected chi connectivity index (χ1v) is 5.70. The van der Waals surface area contributed by atoms with Crippen molar-refractivity contribution in [3.8, 4) is 0 Å². The molecule has 3 heteroatoms. The lowest BCUT2D eigenvalue weighted by atomic mass is 10.0. The monoisotopic (exact) mass is 224 g/mol. The summed E-state index contributed by atoms with van der Waals surface area (Å²) in [6, 6.07) is 8.38. The van der Waals surface area contributed by atoms with Gasteiger partial charge in [-0.15, -0.1) is 0 Å². The molecule has 0 aromatic heterocycles. The van der Waals surface area contributed by atoms with Gasteiger partial charge in [0.2, 0.25) is 0 Å². The lowest BCUT2D eigenvalue weighted by Gasteiger charge is -2.18. The van der Waals surface area contributed by atoms with Crippen LogP contribution in [0.3, 0.4) is 0 Å². The molecule has 0 radical (unpaired) electrons. The van der Waals surface area contributed by atoms with Crippen LogP contribution in [0.1, 0.15) is 20.3 Å². The zero-order chi connectivity index (χ0) is 10.9. The molecule has 0 aliphatic carbocycles. The first-order chi connectivity index (χ1) is 7.05. The van der Waals surface area contributed by atoms with Crippen LogP contribution in [-0.4, -0.2) is 18.1 Å². The highest BCUT2D eigenvalue weighted by molar-refractivity contribution is 6.30. The van der Waals surface area contributed by atoms with Crippen molar-refractivity contribution in [2.45, 2.75) is 31.8 Å². The highest BCUT2D eigenvalue weighted by Gasteiger charge is 2.29. The summed E-state index contributed by atoms with van der Waals surface area (Å²) in [5, 5.41) is 7.76. The Hall–Kier alpha value is -0.730. The second kappa shape index (κ2) is 4.03. The predicted octanol–water partition coefficient (Wildman–Crippen LogP) is 2.89. The first-order valence-electron chi connectivity index (χ1n) is 5.32. The van der Waals surface area contributed by atoms with Gasteiger partial charge < -0.3 is 10.6 Å². The number of hydrogen-bond donors (Lipinski definition) is 2. The van der Waals surface area contributed by atoms with Crippen LogP contribution in [0.4, 0.5) is 5.69 Å². The van der Waals surface area contributed by atoms with Crippen molar-refractivity contribution in [2.75, 3.05) is 11.9 Å². The third kappa shape index (κ3) is 2.86. The summed E-state index contributed by atoms with van der Waals surface area (Å²) in [5.74, 6) is 0. The summed E-state index contributed by atoms with van der Waals surface area (Å²) in [6.45, 7) is 5.47. The quantitative estimate of drug-likeness (QED) is 0.807. The average Bonchev–Trinajstić information content (AvgIpc) is 2.45. The van der Waals surface area contributed by atoms with Gasteiger partial charge >= 0.3 is 0 Å². The van der Waals surface area contributed by atoms with Crippen molar-refractivity contribution >= 4 is 17.3 Å². The van der Waals surface area contributed by atoms with Gasteiger partial charge in [-0.05, 0) is 38.5 Å². The third-order valence-corrected chi connectivity index (χ3v) is 3.01. The fraction of sp³-hybridized carbons (Fsp3) is 0.500. The summed E-state index contributed by atoms with van der Waals surface area (Å²) in [5.41, 5.74) is 1.35. The van der Waals surface area contributed by atoms with Crippen molar-refractivity contribution in [2.24, 2.45) is 0 Å². The van der Waals surface area contributed by atoms with E-state index in [4.69, 9.17) is 11.6 Å². The van der Waals surface area contributed by atoms with E-state index in [0.717, 1.165) is 23.7 Å². The molecule has 15 heavy (non-hydrogen) atoms. The van der Waals surface area contributed by atoms with E-state index in [1.54, 1.807) is 0 Å². The van der Waals surface area contributed by atoms with Crippen LogP contribution in [0.25, 0.3) is 0 Å². The molecular weight excluding hydrogens is 208 g/mol. The number of anilines is 1. The van der Waals surface area contributed by atoms with Crippen molar-refractivity contribution in [3.63, 3.8) is 0 Å². The van der Waals surface area contributed by atoms with Gasteiger partial charge in [-0.2, -0.15) is 0 Å². The van der Waals surface area contributed by atoms with Gasteiger partial charge in [0.1, 0.15) is 0 Å². The maximum absolute atomic E-state index is 5.93. The van der Waals surface area contributed by atoms with Gasteiger partial charge in [-0.25, -0.2) is 0 Å². The molecular formula is C12H17ClN2. The van der Waals surface area contributed by atoms with E-state index in [9.17, 15) is 0 Å². The first kappa shape index (κ1) is 10.8. The maximum Gasteiger partial charge on any atom is 0.0426 e. The van der Waals surface area contributed by atoms with Gasteiger partial charge in [-0.1, -0.05) is 17.7 Å². The van der Waals surface area contributed by atoms with Crippen molar-refractivity contribution in [1.82, 2.24) is 5.32 Å². The normalized spacial score (nSPS) is 24.1. The molecule has 0 amide bonds. The Balaban J connectivity index is 1.99. The highest BCUT2D eigenvalue weighted by Crippen LogP contribution is 2.22. The van der Waals surface area contributed by atoms with Gasteiger partial charge in [-0.3, -0.25) is 0 Å². The number of halogens is 1. The lowest BCUT2D eigenvalue weighted by Crippen LogP contribution is -2.31. The Morgan fingerprint density at radius 2 is 2.27 bits per heavy atom. The lowest BCUT2D eigenvalue weighted by molar-refractivity contribution is 0.457. The van der Waals surface area contributed by atoms with E-state index in [2.05, 4.69) is 30.5 Å². The molecule has 0 saturated carbocycles. The van der Waals surface area contributed by atoms with Crippen LogP contribution in [0.5, 0.6) is 0 Å². The number of benzene rings is 1. The maximum atomic E-state index is 5.93. The minimum absolute atomic E-state index is 0.246. The van der Waals surface area contributed by atoms with Gasteiger partial charge in [0.25, 0.3) is 0 Å². The summed E-state index contributed by atoms with van der Waals surface area (Å²) in [4.78, 5) is 0. The summed E-state index contributed by atoms with van der Waals surface area (Å²) in [7, 11) is 0. The number of hydrogen-bond acceptors (Lipinski definition) is 2. The highest BCUT2D eigenvalue weighted by atomic mass is 35.5. The van der Waals surface area contributed by atoms with Gasteiger partial charge in [0, 0.05) is 28.8 Å². The molecule has 1 aromatic carbocycles. The molecule has 2 N–H and O–H groups in total. The van der Waals surface area contributed by atoms with Crippen LogP contribution in [0.2, 0.25) is 5.02 Å². The van der Waals surface area contributed by atoms with E-state index in [0.29, 0.717) is 6.04 Å². The fourth-order valence-electron chi connectivity index (χ4n) is 2.08. The molecule has 1 saturated heterocycles. The van der Waals surface area contributed by atoms with Gasteiger partial charge in [0.05, 0.1) is 0 Å². The summed E-state index contributed by atoms with van der Waals surface area (Å²) in [6.07, 6.45) is 1.14. The van der Waals surface area contributed by atoms with Crippen LogP contribution in [0, 0.1) is 0 Å². The Morgan fingerprint density at radius 3 is 2.87 bits per heavy atom. The van der Waals surface area contributed by atoms with Crippen LogP contribution >= 0.6 is 11.6 Å². The molecule has 1 fully saturated rings. The Morgan fingerprint density at radius 1 is 1.47 bits per heavy atom. The largest absolute Gasteiger partial charge is 0.381 e. The smallest absolute Gasteiger partial charge is 0.0426 e. The van der Waals surface area contributed by atoms with E-state index < -0.39 is 0 Å². The average molecular weight is 225 g/mol. The Kier molecular flexibility index (Phi) is 2.89. The van der Waals surface area contributed by atoms with E-state index >= 15 is 0 Å². The second-order valence-corrected chi connectivity index (χ2v) is 5.26. The molecule has 2 rings (SSSR count). The van der Waals surface area contributed by atoms with Crippen LogP contribution in [0.15, 0.2) is 24.3 Å². The molecule has 1 heterocycles. The minimum Gasteiger partial charge on any atom is -0.381 e. The molecule has 1 aliphatic rings. The van der Waals surface area contributed by atoms with Gasteiger partial charge in [0.15, 0.2) is 0 Å². The van der Waals surface area contributed by atoms with Crippen LogP contribution < -0.4 is 10.6 Å². The fourth-order valence-corrected chi connectivity index (χ4v) is 2.27. The van der Waals surface area contributed by atoms with E-state index in [-0.39, 0.29) is 5.54 Å². The summed E-state index contributed by atoms with van der Waals surface area (Å²) >= 11 is 5.93. The third-order valence-electron chi connectivity index (χ3n) is 2.78. The minimum atomic E-state index is 0.246. The molecule has 82 valence electrons. The van der Waals surface area contributed by atoms with Crippen LogP contribution in [-0.2, 0) is 0 Å². The zero-order valence-electron chi connectivity index (χ0n) is 9.18. The zero-order valence-corrected chi connectivity index (χ0v) is 9.93. The predicted molar refractivity (Wildman–Crippen MR) is 65.6 cm³/mol. The molecule has 2 nitrogen and oxygen atoms in total. The van der Waals surface area contributed by atoms with Crippen molar-refractivity contribution < 1.29 is 0 Å². The second-order valence-electron chi connectivity index (χ2n) is 4.82. The molecule has 0 bridgehead atoms. The number of rotatable bonds is 2. The number of nitrogens with one attached hydrogen (secondary N) is 2. The standard InChI is InChI=1S/C12H17ClN2/c1-12(2)7-11(8-14-12)15-10-5-3-4-9(13)6-10/h3-6,11,14-15H,7-8H2,1-2H3. The molecule has 1 unspecified atom stereocenters. The van der Waals surface area contributed by atoms with Crippen molar-refractivity contribution in [3.05, 3.63) is 29.3 Å². The van der Waals surface area contributed by atoms with Crippen molar-refractivity contribution in [1.29, 1.82) is 0 Å². The molecule has 1 aliphatic heterocycles. The van der Waals surface area contributed by atoms with E-state index in [1.165, 1.54) is 0 Å². The molecule has 1 atom stereocenters.